The summed E-state index contributed by atoms with van der Waals surface area (Å²) in [6, 6.07) is 6.48. The number of benzene rings is 1. The van der Waals surface area contributed by atoms with Crippen molar-refractivity contribution >= 4 is 32.9 Å². The van der Waals surface area contributed by atoms with Gasteiger partial charge in [-0.3, -0.25) is 0 Å². The molecule has 1 saturated heterocycles. The molecule has 1 atom stereocenters. The Morgan fingerprint density at radius 3 is 2.90 bits per heavy atom. The number of nitrogens with two attached hydrogens (primary N) is 1. The van der Waals surface area contributed by atoms with Crippen LogP contribution in [0.2, 0.25) is 0 Å². The Morgan fingerprint density at radius 1 is 1.43 bits per heavy atom. The van der Waals surface area contributed by atoms with E-state index in [0.29, 0.717) is 12.0 Å². The number of hydrogen-bond donors (Lipinski definition) is 1. The Labute approximate surface area is 133 Å². The van der Waals surface area contributed by atoms with Gasteiger partial charge in [0.2, 0.25) is 5.95 Å². The van der Waals surface area contributed by atoms with E-state index in [-0.39, 0.29) is 5.60 Å². The zero-order valence-corrected chi connectivity index (χ0v) is 14.2. The van der Waals surface area contributed by atoms with Crippen molar-refractivity contribution in [3.8, 4) is 0 Å². The van der Waals surface area contributed by atoms with Gasteiger partial charge in [-0.1, -0.05) is 29.8 Å². The Hall–Kier alpha value is -1.07. The van der Waals surface area contributed by atoms with Gasteiger partial charge in [0.25, 0.3) is 0 Å². The molecule has 0 saturated carbocycles. The highest BCUT2D eigenvalue weighted by atomic mass is 79.9. The van der Waals surface area contributed by atoms with Gasteiger partial charge in [0.1, 0.15) is 0 Å². The lowest BCUT2D eigenvalue weighted by atomic mass is 9.85. The minimum Gasteiger partial charge on any atom is -0.375 e. The van der Waals surface area contributed by atoms with Crippen molar-refractivity contribution in [3.05, 3.63) is 22.7 Å². The van der Waals surface area contributed by atoms with Crippen molar-refractivity contribution < 1.29 is 4.74 Å². The molecule has 2 N–H and O–H groups in total. The molecule has 1 aromatic carbocycles. The van der Waals surface area contributed by atoms with Gasteiger partial charge in [-0.05, 0) is 43.9 Å². The largest absolute Gasteiger partial charge is 0.375 e. The van der Waals surface area contributed by atoms with Crippen LogP contribution in [0.15, 0.2) is 22.7 Å². The van der Waals surface area contributed by atoms with Crippen molar-refractivity contribution in [3.63, 3.8) is 0 Å². The molecular formula is C16H22BrN3O. The summed E-state index contributed by atoms with van der Waals surface area (Å²) in [7, 11) is 0. The number of imidazole rings is 1. The van der Waals surface area contributed by atoms with Crippen molar-refractivity contribution in [2.75, 3.05) is 12.3 Å². The molecule has 2 aromatic rings. The van der Waals surface area contributed by atoms with E-state index < -0.39 is 0 Å². The summed E-state index contributed by atoms with van der Waals surface area (Å²) in [6.07, 6.45) is 4.07. The average molecular weight is 352 g/mol. The van der Waals surface area contributed by atoms with E-state index in [2.05, 4.69) is 45.4 Å². The highest BCUT2D eigenvalue weighted by Crippen LogP contribution is 2.39. The first-order chi connectivity index (χ1) is 10.1. The number of anilines is 1. The molecule has 1 aliphatic heterocycles. The maximum Gasteiger partial charge on any atom is 0.201 e. The van der Waals surface area contributed by atoms with Crippen LogP contribution in [0.4, 0.5) is 5.95 Å². The minimum atomic E-state index is -0.0159. The first kappa shape index (κ1) is 14.9. The molecule has 114 valence electrons. The third-order valence-corrected chi connectivity index (χ3v) is 5.29. The van der Waals surface area contributed by atoms with Crippen LogP contribution in [0.3, 0.4) is 0 Å². The fraction of sp³-hybridized carbons (Fsp3) is 0.562. The molecule has 0 radical (unpaired) electrons. The molecule has 3 rings (SSSR count). The van der Waals surface area contributed by atoms with Gasteiger partial charge < -0.3 is 15.0 Å². The number of nitrogens with zero attached hydrogens (tertiary/aromatic N) is 2. The van der Waals surface area contributed by atoms with Crippen molar-refractivity contribution in [1.82, 2.24) is 9.55 Å². The number of hydrogen-bond acceptors (Lipinski definition) is 3. The fourth-order valence-corrected chi connectivity index (χ4v) is 3.78. The molecule has 2 heterocycles. The lowest BCUT2D eigenvalue weighted by Gasteiger charge is -2.40. The predicted molar refractivity (Wildman–Crippen MR) is 89.4 cm³/mol. The first-order valence-electron chi connectivity index (χ1n) is 7.65. The number of halogens is 1. The molecule has 0 spiro atoms. The second kappa shape index (κ2) is 5.61. The lowest BCUT2D eigenvalue weighted by Crippen LogP contribution is -2.39. The van der Waals surface area contributed by atoms with Gasteiger partial charge in [-0.15, -0.1) is 0 Å². The Balaban J connectivity index is 2.03. The first-order valence-corrected chi connectivity index (χ1v) is 8.45. The summed E-state index contributed by atoms with van der Waals surface area (Å²) in [5.74, 6) is 0.608. The second-order valence-electron chi connectivity index (χ2n) is 5.86. The number of nitrogen functional groups attached to an aromatic ring is 1. The smallest absolute Gasteiger partial charge is 0.201 e. The van der Waals surface area contributed by atoms with Gasteiger partial charge in [-0.2, -0.15) is 0 Å². The van der Waals surface area contributed by atoms with E-state index in [4.69, 9.17) is 10.5 Å². The standard InChI is InChI=1S/C16H22BrN3O/c1-3-16(4-2)10-12(7-8-21-16)20-14-9-11(17)5-6-13(14)19-15(20)18/h5-6,9,12H,3-4,7-8,10H2,1-2H3,(H2,18,19). The van der Waals surface area contributed by atoms with Crippen LogP contribution in [0, 0.1) is 0 Å². The zero-order valence-electron chi connectivity index (χ0n) is 12.6. The van der Waals surface area contributed by atoms with Crippen molar-refractivity contribution in [1.29, 1.82) is 0 Å². The summed E-state index contributed by atoms with van der Waals surface area (Å²) in [5, 5.41) is 0. The zero-order chi connectivity index (χ0) is 15.0. The summed E-state index contributed by atoms with van der Waals surface area (Å²) in [5.41, 5.74) is 8.25. The normalized spacial score (nSPS) is 21.8. The summed E-state index contributed by atoms with van der Waals surface area (Å²) < 4.78 is 9.34. The Kier molecular flexibility index (Phi) is 3.97. The topological polar surface area (TPSA) is 53.1 Å². The van der Waals surface area contributed by atoms with Crippen molar-refractivity contribution in [2.45, 2.75) is 51.2 Å². The minimum absolute atomic E-state index is 0.0159. The molecule has 1 fully saturated rings. The van der Waals surface area contributed by atoms with Gasteiger partial charge in [0.15, 0.2) is 0 Å². The van der Waals surface area contributed by atoms with Gasteiger partial charge in [-0.25, -0.2) is 4.98 Å². The van der Waals surface area contributed by atoms with Crippen LogP contribution in [0.5, 0.6) is 0 Å². The highest BCUT2D eigenvalue weighted by Gasteiger charge is 2.36. The summed E-state index contributed by atoms with van der Waals surface area (Å²) in [4.78, 5) is 4.51. The molecule has 1 aliphatic rings. The van der Waals surface area contributed by atoms with Crippen LogP contribution in [-0.4, -0.2) is 21.8 Å². The molecule has 0 amide bonds. The van der Waals surface area contributed by atoms with E-state index >= 15 is 0 Å². The monoisotopic (exact) mass is 351 g/mol. The van der Waals surface area contributed by atoms with Crippen molar-refractivity contribution in [2.24, 2.45) is 0 Å². The third-order valence-electron chi connectivity index (χ3n) is 4.80. The van der Waals surface area contributed by atoms with Crippen LogP contribution in [-0.2, 0) is 4.74 Å². The van der Waals surface area contributed by atoms with E-state index in [0.717, 1.165) is 47.8 Å². The number of ether oxygens (including phenoxy) is 1. The van der Waals surface area contributed by atoms with Crippen LogP contribution in [0.1, 0.15) is 45.6 Å². The highest BCUT2D eigenvalue weighted by molar-refractivity contribution is 9.10. The van der Waals surface area contributed by atoms with Crippen LogP contribution in [0.25, 0.3) is 11.0 Å². The summed E-state index contributed by atoms with van der Waals surface area (Å²) in [6.45, 7) is 5.20. The van der Waals surface area contributed by atoms with Gasteiger partial charge >= 0.3 is 0 Å². The average Bonchev–Trinajstić information content (AvgIpc) is 2.82. The number of fused-ring (bicyclic) bond motifs is 1. The second-order valence-corrected chi connectivity index (χ2v) is 6.77. The van der Waals surface area contributed by atoms with Crippen LogP contribution < -0.4 is 5.73 Å². The van der Waals surface area contributed by atoms with Gasteiger partial charge in [0, 0.05) is 17.1 Å². The van der Waals surface area contributed by atoms with E-state index in [1.807, 2.05) is 12.1 Å². The predicted octanol–water partition coefficient (Wildman–Crippen LogP) is 4.29. The summed E-state index contributed by atoms with van der Waals surface area (Å²) >= 11 is 3.54. The maximum absolute atomic E-state index is 6.20. The lowest BCUT2D eigenvalue weighted by molar-refractivity contribution is -0.0979. The van der Waals surface area contributed by atoms with Crippen LogP contribution >= 0.6 is 15.9 Å². The molecule has 0 bridgehead atoms. The molecule has 21 heavy (non-hydrogen) atoms. The Bertz CT molecular complexity index is 648. The number of aromatic nitrogens is 2. The van der Waals surface area contributed by atoms with E-state index in [1.54, 1.807) is 0 Å². The molecule has 0 aliphatic carbocycles. The van der Waals surface area contributed by atoms with Gasteiger partial charge in [0.05, 0.1) is 16.6 Å². The van der Waals surface area contributed by atoms with E-state index in [9.17, 15) is 0 Å². The molecule has 4 nitrogen and oxygen atoms in total. The molecule has 1 unspecified atom stereocenters. The molecule has 5 heteroatoms. The molecule has 1 aromatic heterocycles. The molecular weight excluding hydrogens is 330 g/mol. The van der Waals surface area contributed by atoms with E-state index in [1.165, 1.54) is 0 Å². The number of rotatable bonds is 3. The maximum atomic E-state index is 6.20. The quantitative estimate of drug-likeness (QED) is 0.897. The fourth-order valence-electron chi connectivity index (χ4n) is 3.43. The SMILES string of the molecule is CCC1(CC)CC(n2c(N)nc3ccc(Br)cc32)CCO1. The third kappa shape index (κ3) is 2.57. The Morgan fingerprint density at radius 2 is 2.19 bits per heavy atom.